The van der Waals surface area contributed by atoms with Crippen molar-refractivity contribution in [1.29, 1.82) is 0 Å². The zero-order chi connectivity index (χ0) is 18.8. The molecule has 0 aliphatic rings. The van der Waals surface area contributed by atoms with Crippen molar-refractivity contribution >= 4 is 17.7 Å². The third-order valence-corrected chi connectivity index (χ3v) is 3.38. The molecule has 0 amide bonds. The molecule has 136 valence electrons. The summed E-state index contributed by atoms with van der Waals surface area (Å²) >= 11 is 0. The Morgan fingerprint density at radius 1 is 0.885 bits per heavy atom. The van der Waals surface area contributed by atoms with E-state index in [0.717, 1.165) is 5.56 Å². The highest BCUT2D eigenvalue weighted by molar-refractivity contribution is 6.40. The maximum Gasteiger partial charge on any atom is 0.381 e. The maximum atomic E-state index is 11.9. The molecule has 0 radical (unpaired) electrons. The number of carbonyl (C=O) groups is 3. The van der Waals surface area contributed by atoms with Gasteiger partial charge in [0.2, 0.25) is 6.29 Å². The summed E-state index contributed by atoms with van der Waals surface area (Å²) in [5, 5.41) is 0. The van der Waals surface area contributed by atoms with Gasteiger partial charge in [-0.15, -0.1) is 0 Å². The number of ether oxygens (including phenoxy) is 3. The fraction of sp³-hybridized carbons (Fsp3) is 0.250. The fourth-order valence-electron chi connectivity index (χ4n) is 2.13. The molecule has 0 saturated heterocycles. The van der Waals surface area contributed by atoms with Crippen LogP contribution in [0, 0.1) is 0 Å². The lowest BCUT2D eigenvalue weighted by atomic mass is 10.1. The average molecular weight is 356 g/mol. The van der Waals surface area contributed by atoms with Crippen LogP contribution in [-0.4, -0.2) is 37.2 Å². The van der Waals surface area contributed by atoms with E-state index < -0.39 is 18.0 Å². The second-order valence-corrected chi connectivity index (χ2v) is 5.42. The van der Waals surface area contributed by atoms with Crippen LogP contribution in [0.3, 0.4) is 0 Å². The highest BCUT2D eigenvalue weighted by atomic mass is 16.7. The number of carbonyl (C=O) groups excluding carboxylic acids is 3. The SMILES string of the molecule is CC(OCCOC(=O)Cc1ccccc1)OC(=O)C(=O)c1ccccc1. The van der Waals surface area contributed by atoms with Crippen molar-refractivity contribution in [3.8, 4) is 0 Å². The van der Waals surface area contributed by atoms with Gasteiger partial charge in [0.15, 0.2) is 0 Å². The van der Waals surface area contributed by atoms with E-state index in [2.05, 4.69) is 0 Å². The summed E-state index contributed by atoms with van der Waals surface area (Å²) in [5.74, 6) is -2.11. The monoisotopic (exact) mass is 356 g/mol. The van der Waals surface area contributed by atoms with Gasteiger partial charge in [0.25, 0.3) is 5.78 Å². The van der Waals surface area contributed by atoms with Gasteiger partial charge in [-0.05, 0) is 12.5 Å². The predicted octanol–water partition coefficient (Wildman–Crippen LogP) is 2.56. The van der Waals surface area contributed by atoms with Crippen LogP contribution in [-0.2, 0) is 30.2 Å². The molecule has 0 bridgehead atoms. The molecular weight excluding hydrogens is 336 g/mol. The minimum absolute atomic E-state index is 0.0280. The lowest BCUT2D eigenvalue weighted by Gasteiger charge is -2.13. The molecule has 1 unspecified atom stereocenters. The largest absolute Gasteiger partial charge is 0.463 e. The van der Waals surface area contributed by atoms with Crippen LogP contribution >= 0.6 is 0 Å². The Kier molecular flexibility index (Phi) is 7.51. The number of rotatable bonds is 9. The smallest absolute Gasteiger partial charge is 0.381 e. The number of hydrogen-bond donors (Lipinski definition) is 0. The first-order chi connectivity index (χ1) is 12.6. The van der Waals surface area contributed by atoms with E-state index in [1.54, 1.807) is 18.2 Å². The normalized spacial score (nSPS) is 11.4. The van der Waals surface area contributed by atoms with Crippen LogP contribution < -0.4 is 0 Å². The van der Waals surface area contributed by atoms with Crippen LogP contribution in [0.2, 0.25) is 0 Å². The van der Waals surface area contributed by atoms with Crippen molar-refractivity contribution in [3.63, 3.8) is 0 Å². The van der Waals surface area contributed by atoms with E-state index >= 15 is 0 Å². The molecule has 6 heteroatoms. The maximum absolute atomic E-state index is 11.9. The van der Waals surface area contributed by atoms with Gasteiger partial charge in [0.1, 0.15) is 6.61 Å². The first kappa shape index (κ1) is 19.3. The first-order valence-electron chi connectivity index (χ1n) is 8.18. The van der Waals surface area contributed by atoms with E-state index in [0.29, 0.717) is 0 Å². The summed E-state index contributed by atoms with van der Waals surface area (Å²) in [6, 6.07) is 17.3. The van der Waals surface area contributed by atoms with Crippen molar-refractivity contribution in [1.82, 2.24) is 0 Å². The zero-order valence-corrected chi connectivity index (χ0v) is 14.4. The Bertz CT molecular complexity index is 726. The van der Waals surface area contributed by atoms with Crippen LogP contribution in [0.5, 0.6) is 0 Å². The molecule has 1 atom stereocenters. The van der Waals surface area contributed by atoms with Gasteiger partial charge in [0, 0.05) is 5.56 Å². The number of ketones is 1. The van der Waals surface area contributed by atoms with Gasteiger partial charge in [-0.2, -0.15) is 0 Å². The second-order valence-electron chi connectivity index (χ2n) is 5.42. The molecule has 0 saturated carbocycles. The highest BCUT2D eigenvalue weighted by Gasteiger charge is 2.20. The van der Waals surface area contributed by atoms with Crippen molar-refractivity contribution < 1.29 is 28.6 Å². The van der Waals surface area contributed by atoms with Gasteiger partial charge in [-0.25, -0.2) is 4.79 Å². The zero-order valence-electron chi connectivity index (χ0n) is 14.4. The summed E-state index contributed by atoms with van der Waals surface area (Å²) in [6.07, 6.45) is -0.750. The highest BCUT2D eigenvalue weighted by Crippen LogP contribution is 2.04. The molecule has 2 aromatic carbocycles. The average Bonchev–Trinajstić information content (AvgIpc) is 2.66. The lowest BCUT2D eigenvalue weighted by Crippen LogP contribution is -2.26. The molecule has 0 aromatic heterocycles. The molecule has 6 nitrogen and oxygen atoms in total. The van der Waals surface area contributed by atoms with Crippen LogP contribution in [0.25, 0.3) is 0 Å². The lowest BCUT2D eigenvalue weighted by molar-refractivity contribution is -0.173. The number of esters is 2. The first-order valence-corrected chi connectivity index (χ1v) is 8.18. The summed E-state index contributed by atoms with van der Waals surface area (Å²) in [4.78, 5) is 35.3. The number of hydrogen-bond acceptors (Lipinski definition) is 6. The number of benzene rings is 2. The summed E-state index contributed by atoms with van der Waals surface area (Å²) in [7, 11) is 0. The standard InChI is InChI=1S/C20H20O6/c1-15(26-20(23)19(22)17-10-6-3-7-11-17)24-12-13-25-18(21)14-16-8-4-2-5-9-16/h2-11,15H,12-14H2,1H3. The third kappa shape index (κ3) is 6.49. The van der Waals surface area contributed by atoms with Gasteiger partial charge < -0.3 is 14.2 Å². The minimum atomic E-state index is -0.996. The Morgan fingerprint density at radius 3 is 2.15 bits per heavy atom. The molecule has 0 N–H and O–H groups in total. The van der Waals surface area contributed by atoms with Crippen LogP contribution in [0.4, 0.5) is 0 Å². The van der Waals surface area contributed by atoms with E-state index in [1.807, 2.05) is 30.3 Å². The summed E-state index contributed by atoms with van der Waals surface area (Å²) in [6.45, 7) is 1.57. The molecule has 0 fully saturated rings. The molecule has 0 heterocycles. The minimum Gasteiger partial charge on any atom is -0.463 e. The van der Waals surface area contributed by atoms with Crippen molar-refractivity contribution in [2.75, 3.05) is 13.2 Å². The second kappa shape index (κ2) is 10.1. The van der Waals surface area contributed by atoms with E-state index in [9.17, 15) is 14.4 Å². The number of Topliss-reactive ketones (excluding diaryl/α,β-unsaturated/α-hetero) is 1. The van der Waals surface area contributed by atoms with Gasteiger partial charge >= 0.3 is 11.9 Å². The fourth-order valence-corrected chi connectivity index (χ4v) is 2.13. The molecule has 26 heavy (non-hydrogen) atoms. The topological polar surface area (TPSA) is 78.9 Å². The van der Waals surface area contributed by atoms with Gasteiger partial charge in [-0.1, -0.05) is 60.7 Å². The van der Waals surface area contributed by atoms with E-state index in [1.165, 1.54) is 19.1 Å². The Hall–Kier alpha value is -2.99. The van der Waals surface area contributed by atoms with Crippen molar-refractivity contribution in [3.05, 3.63) is 71.8 Å². The third-order valence-electron chi connectivity index (χ3n) is 3.38. The summed E-state index contributed by atoms with van der Waals surface area (Å²) < 4.78 is 15.2. The quantitative estimate of drug-likeness (QED) is 0.226. The predicted molar refractivity (Wildman–Crippen MR) is 93.4 cm³/mol. The molecule has 0 aliphatic carbocycles. The molecule has 2 aromatic rings. The summed E-state index contributed by atoms with van der Waals surface area (Å²) in [5.41, 5.74) is 1.11. The van der Waals surface area contributed by atoms with Crippen molar-refractivity contribution in [2.45, 2.75) is 19.6 Å². The Morgan fingerprint density at radius 2 is 1.50 bits per heavy atom. The van der Waals surface area contributed by atoms with E-state index in [4.69, 9.17) is 14.2 Å². The van der Waals surface area contributed by atoms with Crippen molar-refractivity contribution in [2.24, 2.45) is 0 Å². The molecular formula is C20H20O6. The Labute approximate surface area is 151 Å². The van der Waals surface area contributed by atoms with Gasteiger partial charge in [-0.3, -0.25) is 9.59 Å². The molecule has 0 aliphatic heterocycles. The Balaban J connectivity index is 1.64. The molecule has 0 spiro atoms. The van der Waals surface area contributed by atoms with Gasteiger partial charge in [0.05, 0.1) is 13.0 Å². The van der Waals surface area contributed by atoms with Crippen LogP contribution in [0.1, 0.15) is 22.8 Å². The van der Waals surface area contributed by atoms with Crippen LogP contribution in [0.15, 0.2) is 60.7 Å². The van der Waals surface area contributed by atoms with E-state index in [-0.39, 0.29) is 31.2 Å². The molecule has 2 rings (SSSR count).